The van der Waals surface area contributed by atoms with Crippen LogP contribution in [0, 0.1) is 12.1 Å². The second-order valence-corrected chi connectivity index (χ2v) is 5.83. The Hall–Kier alpha value is -2.35. The van der Waals surface area contributed by atoms with Crippen molar-refractivity contribution in [1.82, 2.24) is 4.98 Å². The van der Waals surface area contributed by atoms with Crippen LogP contribution in [0.15, 0.2) is 72.4 Å². The number of hydrogen-bond donors (Lipinski definition) is 1. The maximum Gasteiger partial charge on any atom is 2.00 e. The van der Waals surface area contributed by atoms with Crippen LogP contribution in [0.4, 0.5) is 0 Å². The predicted molar refractivity (Wildman–Crippen MR) is 97.2 cm³/mol. The minimum Gasteiger partial charge on any atom is -0.424 e. The zero-order chi connectivity index (χ0) is 16.2. The number of ketones is 1. The van der Waals surface area contributed by atoms with Gasteiger partial charge in [0.1, 0.15) is 0 Å². The molecule has 5 rings (SSSR count). The molecule has 2 heterocycles. The topological polar surface area (TPSA) is 27.1 Å². The van der Waals surface area contributed by atoms with Crippen LogP contribution in [0.25, 0.3) is 16.7 Å². The first-order chi connectivity index (χ1) is 11.9. The Morgan fingerprint density at radius 2 is 1.76 bits per heavy atom. The molecule has 127 valence electrons. The number of para-hydroxylation sites is 1. The van der Waals surface area contributed by atoms with Crippen LogP contribution in [0.2, 0.25) is 0 Å². The van der Waals surface area contributed by atoms with Gasteiger partial charge >= 0.3 is 17.1 Å². The van der Waals surface area contributed by atoms with Crippen LogP contribution in [0.5, 0.6) is 0 Å². The molecule has 0 saturated carbocycles. The van der Waals surface area contributed by atoms with Crippen molar-refractivity contribution in [3.05, 3.63) is 90.1 Å². The average Bonchev–Trinajstić information content (AvgIpc) is 3.29. The van der Waals surface area contributed by atoms with Crippen molar-refractivity contribution >= 4 is 22.4 Å². The van der Waals surface area contributed by atoms with Gasteiger partial charge in [0, 0.05) is 12.0 Å². The van der Waals surface area contributed by atoms with Crippen LogP contribution >= 0.6 is 0 Å². The molecule has 0 spiro atoms. The van der Waals surface area contributed by atoms with Gasteiger partial charge in [-0.2, -0.15) is 17.5 Å². The molecule has 25 heavy (non-hydrogen) atoms. The Morgan fingerprint density at radius 1 is 0.960 bits per heavy atom. The molecule has 1 radical (unpaired) electrons. The summed E-state index contributed by atoms with van der Waals surface area (Å²) in [4.78, 5) is 3.06. The van der Waals surface area contributed by atoms with Crippen molar-refractivity contribution in [3.63, 3.8) is 0 Å². The molecular weight excluding hydrogens is 358 g/mol. The monoisotopic (exact) mass is 375 g/mol. The molecule has 0 unspecified atom stereocenters. The van der Waals surface area contributed by atoms with E-state index < -0.39 is 0 Å². The number of fused-ring (bicyclic) bond motifs is 2. The summed E-state index contributed by atoms with van der Waals surface area (Å²) in [5, 5.41) is 1.15. The van der Waals surface area contributed by atoms with E-state index in [1.807, 2.05) is 48.7 Å². The summed E-state index contributed by atoms with van der Waals surface area (Å²) >= 11 is 0. The summed E-state index contributed by atoms with van der Waals surface area (Å²) < 4.78 is 5.81. The number of carbonyl (C=O) groups excluding carboxylic acids is 1. The number of H-pyrrole nitrogens is 1. The fraction of sp³-hybridized carbons (Fsp3) is 0.136. The van der Waals surface area contributed by atoms with Gasteiger partial charge in [-0.1, -0.05) is 67.0 Å². The Bertz CT molecular complexity index is 905. The third-order valence-corrected chi connectivity index (χ3v) is 4.15. The molecule has 0 amide bonds. The van der Waals surface area contributed by atoms with Crippen molar-refractivity contribution in [1.29, 1.82) is 0 Å². The Labute approximate surface area is 158 Å². The zero-order valence-electron chi connectivity index (χ0n) is 13.7. The number of nitrogens with one attached hydrogen (secondary N) is 1. The first-order valence-corrected chi connectivity index (χ1v) is 8.27. The third kappa shape index (κ3) is 4.01. The van der Waals surface area contributed by atoms with Gasteiger partial charge in [-0.25, -0.2) is 0 Å². The van der Waals surface area contributed by atoms with E-state index in [1.54, 1.807) is 0 Å². The van der Waals surface area contributed by atoms with E-state index >= 15 is 0 Å². The number of hydrogen-bond acceptors (Lipinski definition) is 0. The van der Waals surface area contributed by atoms with Crippen molar-refractivity contribution in [3.8, 4) is 0 Å². The Morgan fingerprint density at radius 3 is 2.56 bits per heavy atom. The normalized spacial score (nSPS) is 15.1. The van der Waals surface area contributed by atoms with E-state index in [-0.39, 0.29) is 17.1 Å². The number of aromatic amines is 1. The average molecular weight is 376 g/mol. The largest absolute Gasteiger partial charge is 2.00 e. The molecule has 0 fully saturated rings. The molecule has 1 N–H and O–H groups in total. The number of rotatable bonds is 1. The van der Waals surface area contributed by atoms with E-state index in [9.17, 15) is 0 Å². The molecule has 3 heteroatoms. The minimum atomic E-state index is 0. The summed E-state index contributed by atoms with van der Waals surface area (Å²) in [5.74, 6) is 1.97. The summed E-state index contributed by atoms with van der Waals surface area (Å²) in [5.41, 5.74) is 3.43. The molecule has 2 nitrogen and oxygen atoms in total. The predicted octanol–water partition coefficient (Wildman–Crippen LogP) is 5.02. The molecule has 2 aliphatic rings. The summed E-state index contributed by atoms with van der Waals surface area (Å²) in [7, 11) is 0. The standard InChI is InChI=1S/C14H12O.C8H6N.Cu/c1-2-6-11(7-3-1)14-10-12-8-4-5-9-13(12)15-14;1-2-4-8-7(3-1)5-6-9-8;/h1-3,6-8H,4-5,9H2;1-4,6,9H;/q;-1;+2. The van der Waals surface area contributed by atoms with E-state index in [2.05, 4.69) is 35.3 Å². The van der Waals surface area contributed by atoms with Gasteiger partial charge < -0.3 is 4.98 Å². The molecule has 1 aromatic heterocycles. The van der Waals surface area contributed by atoms with Crippen molar-refractivity contribution < 1.29 is 21.5 Å². The summed E-state index contributed by atoms with van der Waals surface area (Å²) in [6.45, 7) is 0. The van der Waals surface area contributed by atoms with Gasteiger partial charge in [-0.05, 0) is 11.6 Å². The Kier molecular flexibility index (Phi) is 5.70. The SMILES string of the molecule is [C-]1=C(c2ccccc2)[O+]=C2CCCC=C12.[Cu+2].[c-]1c[nH]c2ccccc12. The summed E-state index contributed by atoms with van der Waals surface area (Å²) in [6.07, 6.45) is 10.8. The first kappa shape index (κ1) is 17.5. The summed E-state index contributed by atoms with van der Waals surface area (Å²) in [6, 6.07) is 21.3. The van der Waals surface area contributed by atoms with Crippen LogP contribution in [0.1, 0.15) is 24.8 Å². The van der Waals surface area contributed by atoms with E-state index in [1.165, 1.54) is 12.0 Å². The van der Waals surface area contributed by atoms with Gasteiger partial charge in [-0.15, -0.1) is 12.1 Å². The second kappa shape index (κ2) is 8.15. The minimum absolute atomic E-state index is 0. The zero-order valence-corrected chi connectivity index (χ0v) is 14.6. The molecule has 2 aromatic carbocycles. The van der Waals surface area contributed by atoms with E-state index in [0.717, 1.165) is 40.9 Å². The fourth-order valence-electron chi connectivity index (χ4n) is 2.90. The molecule has 3 aromatic rings. The van der Waals surface area contributed by atoms with E-state index in [4.69, 9.17) is 4.42 Å². The molecule has 0 atom stereocenters. The van der Waals surface area contributed by atoms with E-state index in [0.29, 0.717) is 0 Å². The van der Waals surface area contributed by atoms with Gasteiger partial charge in [0.2, 0.25) is 0 Å². The Balaban J connectivity index is 0.000000157. The van der Waals surface area contributed by atoms with Crippen molar-refractivity contribution in [2.24, 2.45) is 0 Å². The molecule has 0 bridgehead atoms. The van der Waals surface area contributed by atoms with Crippen LogP contribution < -0.4 is 0 Å². The fourth-order valence-corrected chi connectivity index (χ4v) is 2.90. The van der Waals surface area contributed by atoms with Gasteiger partial charge in [0.15, 0.2) is 0 Å². The number of allylic oxidation sites excluding steroid dienone is 3. The smallest absolute Gasteiger partial charge is 0.424 e. The molecular formula is C22H18CuNO+. The quantitative estimate of drug-likeness (QED) is 0.351. The van der Waals surface area contributed by atoms with Crippen LogP contribution in [0.3, 0.4) is 0 Å². The molecule has 0 saturated heterocycles. The van der Waals surface area contributed by atoms with Gasteiger partial charge in [0.05, 0.1) is 0 Å². The van der Waals surface area contributed by atoms with Crippen molar-refractivity contribution in [2.45, 2.75) is 19.3 Å². The van der Waals surface area contributed by atoms with Crippen LogP contribution in [-0.4, -0.2) is 10.8 Å². The van der Waals surface area contributed by atoms with Crippen molar-refractivity contribution in [2.75, 3.05) is 0 Å². The van der Waals surface area contributed by atoms with Crippen LogP contribution in [-0.2, 0) is 21.5 Å². The maximum absolute atomic E-state index is 5.81. The number of aromatic nitrogens is 1. The number of benzene rings is 2. The molecule has 1 aliphatic carbocycles. The van der Waals surface area contributed by atoms with Gasteiger partial charge in [-0.3, -0.25) is 4.42 Å². The molecule has 1 aliphatic heterocycles. The maximum atomic E-state index is 5.81. The first-order valence-electron chi connectivity index (χ1n) is 8.27. The van der Waals surface area contributed by atoms with Gasteiger partial charge in [0.25, 0.3) is 11.5 Å². The second-order valence-electron chi connectivity index (χ2n) is 5.83. The third-order valence-electron chi connectivity index (χ3n) is 4.15.